The predicted molar refractivity (Wildman–Crippen MR) is 140 cm³/mol. The molecule has 0 radical (unpaired) electrons. The molecule has 2 aromatic heterocycles. The highest BCUT2D eigenvalue weighted by Gasteiger charge is 2.21. The van der Waals surface area contributed by atoms with E-state index >= 15 is 0 Å². The molecule has 184 valence electrons. The molecule has 1 aromatic carbocycles. The summed E-state index contributed by atoms with van der Waals surface area (Å²) in [5.74, 6) is 1.59. The van der Waals surface area contributed by atoms with Crippen LogP contribution in [0.25, 0.3) is 0 Å². The van der Waals surface area contributed by atoms with E-state index in [-0.39, 0.29) is 11.7 Å². The number of amides is 1. The van der Waals surface area contributed by atoms with E-state index in [1.807, 2.05) is 37.5 Å². The molecule has 0 spiro atoms. The molecule has 0 saturated carbocycles. The van der Waals surface area contributed by atoms with Gasteiger partial charge in [-0.15, -0.1) is 21.5 Å². The van der Waals surface area contributed by atoms with Crippen LogP contribution in [0, 0.1) is 25.2 Å². The van der Waals surface area contributed by atoms with Crippen molar-refractivity contribution in [2.75, 3.05) is 11.1 Å². The van der Waals surface area contributed by atoms with Crippen LogP contribution in [-0.2, 0) is 30.8 Å². The zero-order valence-corrected chi connectivity index (χ0v) is 22.2. The van der Waals surface area contributed by atoms with E-state index in [4.69, 9.17) is 4.74 Å². The summed E-state index contributed by atoms with van der Waals surface area (Å²) in [7, 11) is 0. The molecule has 7 nitrogen and oxygen atoms in total. The number of hydrogen-bond acceptors (Lipinski definition) is 7. The predicted octanol–water partition coefficient (Wildman–Crippen LogP) is 5.82. The number of aromatic nitrogens is 3. The Labute approximate surface area is 214 Å². The average molecular weight is 510 g/mol. The molecule has 1 aliphatic rings. The largest absolute Gasteiger partial charge is 0.486 e. The highest BCUT2D eigenvalue weighted by atomic mass is 32.2. The van der Waals surface area contributed by atoms with Gasteiger partial charge in [-0.25, -0.2) is 0 Å². The van der Waals surface area contributed by atoms with E-state index in [0.717, 1.165) is 53.9 Å². The standard InChI is InChI=1S/C26H31N5O2S2/c1-4-31-23(15-33-19-12-17(2)11-18(3)13-19)29-30-26(31)34-16-24(32)28-25-21(14-27)20-9-7-5-6-8-10-22(20)35-25/h11-13H,4-10,15-16H2,1-3H3,(H,28,32). The lowest BCUT2D eigenvalue weighted by Crippen LogP contribution is -2.15. The molecule has 0 saturated heterocycles. The molecule has 0 bridgehead atoms. The van der Waals surface area contributed by atoms with Crippen LogP contribution in [0.4, 0.5) is 5.00 Å². The van der Waals surface area contributed by atoms with E-state index in [0.29, 0.717) is 28.9 Å². The monoisotopic (exact) mass is 509 g/mol. The second kappa shape index (κ2) is 11.7. The van der Waals surface area contributed by atoms with Crippen LogP contribution in [0.15, 0.2) is 23.4 Å². The fraction of sp³-hybridized carbons (Fsp3) is 0.462. The lowest BCUT2D eigenvalue weighted by atomic mass is 9.97. The van der Waals surface area contributed by atoms with Gasteiger partial charge < -0.3 is 14.6 Å². The average Bonchev–Trinajstić information content (AvgIpc) is 3.35. The number of rotatable bonds is 8. The van der Waals surface area contributed by atoms with Gasteiger partial charge in [-0.1, -0.05) is 30.7 Å². The molecule has 4 rings (SSSR count). The first kappa shape index (κ1) is 25.3. The third kappa shape index (κ3) is 6.24. The van der Waals surface area contributed by atoms with Crippen LogP contribution < -0.4 is 10.1 Å². The van der Waals surface area contributed by atoms with Gasteiger partial charge in [0.1, 0.15) is 23.4 Å². The third-order valence-corrected chi connectivity index (χ3v) is 8.22. The lowest BCUT2D eigenvalue weighted by molar-refractivity contribution is -0.113. The van der Waals surface area contributed by atoms with Crippen molar-refractivity contribution in [1.29, 1.82) is 5.26 Å². The third-order valence-electron chi connectivity index (χ3n) is 6.04. The van der Waals surface area contributed by atoms with Gasteiger partial charge in [-0.05, 0) is 75.3 Å². The van der Waals surface area contributed by atoms with Gasteiger partial charge in [0.05, 0.1) is 11.3 Å². The minimum atomic E-state index is -0.139. The molecule has 2 heterocycles. The van der Waals surface area contributed by atoms with Crippen LogP contribution in [0.5, 0.6) is 5.75 Å². The zero-order chi connectivity index (χ0) is 24.8. The molecule has 1 amide bonds. The van der Waals surface area contributed by atoms with Crippen molar-refractivity contribution in [2.24, 2.45) is 0 Å². The fourth-order valence-corrected chi connectivity index (χ4v) is 6.51. The number of carbonyl (C=O) groups is 1. The number of carbonyl (C=O) groups excluding carboxylic acids is 1. The Balaban J connectivity index is 1.38. The van der Waals surface area contributed by atoms with Crippen LogP contribution in [0.3, 0.4) is 0 Å². The topological polar surface area (TPSA) is 92.8 Å². The van der Waals surface area contributed by atoms with Crippen molar-refractivity contribution < 1.29 is 9.53 Å². The van der Waals surface area contributed by atoms with E-state index < -0.39 is 0 Å². The number of anilines is 1. The van der Waals surface area contributed by atoms with E-state index in [1.165, 1.54) is 29.5 Å². The molecule has 0 aliphatic heterocycles. The Hall–Kier alpha value is -2.83. The van der Waals surface area contributed by atoms with Crippen LogP contribution in [0.1, 0.15) is 65.6 Å². The zero-order valence-electron chi connectivity index (χ0n) is 20.5. The Morgan fingerprint density at radius 2 is 1.91 bits per heavy atom. The maximum Gasteiger partial charge on any atom is 0.235 e. The molecular formula is C26H31N5O2S2. The van der Waals surface area contributed by atoms with Gasteiger partial charge in [0, 0.05) is 11.4 Å². The first-order valence-electron chi connectivity index (χ1n) is 12.1. The number of fused-ring (bicyclic) bond motifs is 1. The van der Waals surface area contributed by atoms with Gasteiger partial charge in [0.25, 0.3) is 0 Å². The molecule has 0 unspecified atom stereocenters. The number of ether oxygens (including phenoxy) is 1. The molecular weight excluding hydrogens is 478 g/mol. The maximum atomic E-state index is 12.8. The van der Waals surface area contributed by atoms with Crippen LogP contribution >= 0.6 is 23.1 Å². The lowest BCUT2D eigenvalue weighted by Gasteiger charge is -2.10. The number of thiophene rings is 1. The van der Waals surface area contributed by atoms with Gasteiger partial charge in [0.15, 0.2) is 11.0 Å². The number of hydrogen-bond donors (Lipinski definition) is 1. The van der Waals surface area contributed by atoms with Crippen molar-refractivity contribution in [1.82, 2.24) is 14.8 Å². The summed E-state index contributed by atoms with van der Waals surface area (Å²) >= 11 is 2.91. The number of thioether (sulfide) groups is 1. The maximum absolute atomic E-state index is 12.8. The first-order valence-corrected chi connectivity index (χ1v) is 13.9. The SMILES string of the molecule is CCn1c(COc2cc(C)cc(C)c2)nnc1SCC(=O)Nc1sc2c(c1C#N)CCCCCC2. The fourth-order valence-electron chi connectivity index (χ4n) is 4.43. The Morgan fingerprint density at radius 1 is 1.17 bits per heavy atom. The Morgan fingerprint density at radius 3 is 2.63 bits per heavy atom. The summed E-state index contributed by atoms with van der Waals surface area (Å²) in [6, 6.07) is 8.44. The first-order chi connectivity index (χ1) is 17.0. The summed E-state index contributed by atoms with van der Waals surface area (Å²) in [6.45, 7) is 7.10. The van der Waals surface area contributed by atoms with Crippen molar-refractivity contribution in [3.8, 4) is 11.8 Å². The van der Waals surface area contributed by atoms with Gasteiger partial charge in [-0.2, -0.15) is 5.26 Å². The number of nitrogens with zero attached hydrogens (tertiary/aromatic N) is 4. The second-order valence-corrected chi connectivity index (χ2v) is 10.9. The number of nitriles is 1. The normalized spacial score (nSPS) is 13.4. The second-order valence-electron chi connectivity index (χ2n) is 8.83. The van der Waals surface area contributed by atoms with Gasteiger partial charge in [-0.3, -0.25) is 4.79 Å². The highest BCUT2D eigenvalue weighted by Crippen LogP contribution is 2.36. The number of aryl methyl sites for hydroxylation is 3. The molecule has 0 fully saturated rings. The molecule has 0 atom stereocenters. The molecule has 3 aromatic rings. The minimum Gasteiger partial charge on any atom is -0.486 e. The van der Waals surface area contributed by atoms with Crippen LogP contribution in [-0.4, -0.2) is 26.4 Å². The summed E-state index contributed by atoms with van der Waals surface area (Å²) in [5.41, 5.74) is 4.08. The Bertz CT molecular complexity index is 1220. The Kier molecular flexibility index (Phi) is 8.47. The number of nitrogens with one attached hydrogen (secondary N) is 1. The van der Waals surface area contributed by atoms with Crippen molar-refractivity contribution in [3.63, 3.8) is 0 Å². The highest BCUT2D eigenvalue weighted by molar-refractivity contribution is 7.99. The summed E-state index contributed by atoms with van der Waals surface area (Å²) in [6.07, 6.45) is 6.59. The molecule has 9 heteroatoms. The van der Waals surface area contributed by atoms with Gasteiger partial charge in [0.2, 0.25) is 5.91 Å². The molecule has 1 aliphatic carbocycles. The summed E-state index contributed by atoms with van der Waals surface area (Å²) in [5, 5.41) is 22.7. The minimum absolute atomic E-state index is 0.139. The molecule has 35 heavy (non-hydrogen) atoms. The van der Waals surface area contributed by atoms with E-state index in [1.54, 1.807) is 11.3 Å². The molecule has 1 N–H and O–H groups in total. The van der Waals surface area contributed by atoms with Gasteiger partial charge >= 0.3 is 0 Å². The van der Waals surface area contributed by atoms with Crippen molar-refractivity contribution in [2.45, 2.75) is 77.6 Å². The van der Waals surface area contributed by atoms with Crippen molar-refractivity contribution >= 4 is 34.0 Å². The van der Waals surface area contributed by atoms with Crippen molar-refractivity contribution in [3.05, 3.63) is 51.2 Å². The quantitative estimate of drug-likeness (QED) is 0.385. The summed E-state index contributed by atoms with van der Waals surface area (Å²) < 4.78 is 7.93. The summed E-state index contributed by atoms with van der Waals surface area (Å²) in [4.78, 5) is 14.0. The van der Waals surface area contributed by atoms with E-state index in [2.05, 4.69) is 27.6 Å². The number of benzene rings is 1. The van der Waals surface area contributed by atoms with E-state index in [9.17, 15) is 10.1 Å². The van der Waals surface area contributed by atoms with Crippen LogP contribution in [0.2, 0.25) is 0 Å². The smallest absolute Gasteiger partial charge is 0.235 e.